The number of rotatable bonds is 7. The van der Waals surface area contributed by atoms with E-state index in [1.807, 2.05) is 35.7 Å². The fourth-order valence-corrected chi connectivity index (χ4v) is 3.73. The summed E-state index contributed by atoms with van der Waals surface area (Å²) >= 11 is 1.57. The van der Waals surface area contributed by atoms with Gasteiger partial charge in [-0.1, -0.05) is 25.1 Å². The van der Waals surface area contributed by atoms with Gasteiger partial charge in [0.05, 0.1) is 22.3 Å². The molecule has 4 aromatic rings. The van der Waals surface area contributed by atoms with Gasteiger partial charge in [-0.15, -0.1) is 21.5 Å². The van der Waals surface area contributed by atoms with Crippen molar-refractivity contribution in [1.82, 2.24) is 20.2 Å². The van der Waals surface area contributed by atoms with E-state index in [0.29, 0.717) is 41.6 Å². The summed E-state index contributed by atoms with van der Waals surface area (Å²) in [7, 11) is 0. The maximum absolute atomic E-state index is 12.3. The van der Waals surface area contributed by atoms with Crippen LogP contribution in [0, 0.1) is 0 Å². The van der Waals surface area contributed by atoms with Gasteiger partial charge in [0.2, 0.25) is 0 Å². The van der Waals surface area contributed by atoms with E-state index in [2.05, 4.69) is 27.1 Å². The number of para-hydroxylation sites is 1. The van der Waals surface area contributed by atoms with Crippen LogP contribution in [0.4, 0.5) is 0 Å². The minimum Gasteiger partial charge on any atom is -0.414 e. The summed E-state index contributed by atoms with van der Waals surface area (Å²) in [5.41, 5.74) is 0.606. The Kier molecular flexibility index (Phi) is 5.08. The number of fused-ring (bicyclic) bond motifs is 1. The van der Waals surface area contributed by atoms with Crippen molar-refractivity contribution in [2.24, 2.45) is 0 Å². The number of hydrogen-bond acceptors (Lipinski definition) is 6. The van der Waals surface area contributed by atoms with Crippen LogP contribution in [0.5, 0.6) is 0 Å². The quantitative estimate of drug-likeness (QED) is 0.511. The van der Waals surface area contributed by atoms with Crippen molar-refractivity contribution in [1.29, 1.82) is 0 Å². The number of quaternary nitrogens is 1. The number of benzene rings is 1. The molecule has 0 saturated heterocycles. The summed E-state index contributed by atoms with van der Waals surface area (Å²) < 4.78 is 5.81. The molecule has 0 spiro atoms. The monoisotopic (exact) mass is 382 g/mol. The van der Waals surface area contributed by atoms with Gasteiger partial charge in [0.25, 0.3) is 17.3 Å². The lowest BCUT2D eigenvalue weighted by Crippen LogP contribution is -3.09. The molecule has 1 atom stereocenters. The molecule has 0 radical (unpaired) electrons. The van der Waals surface area contributed by atoms with Crippen LogP contribution in [0.2, 0.25) is 0 Å². The van der Waals surface area contributed by atoms with E-state index in [-0.39, 0.29) is 5.56 Å². The van der Waals surface area contributed by atoms with Crippen LogP contribution in [0.1, 0.15) is 25.1 Å². The molecule has 0 aliphatic heterocycles. The van der Waals surface area contributed by atoms with Gasteiger partial charge in [-0.2, -0.15) is 0 Å². The molecule has 3 aromatic heterocycles. The fraction of sp³-hybridized carbons (Fsp3) is 0.263. The van der Waals surface area contributed by atoms with Gasteiger partial charge in [0.15, 0.2) is 12.4 Å². The minimum atomic E-state index is -0.107. The number of thiophene rings is 1. The second-order valence-electron chi connectivity index (χ2n) is 6.36. The smallest absolute Gasteiger partial charge is 0.271 e. The first-order valence-corrected chi connectivity index (χ1v) is 9.78. The maximum atomic E-state index is 12.3. The molecule has 8 heteroatoms. The molecule has 7 nitrogen and oxygen atoms in total. The third kappa shape index (κ3) is 3.96. The molecule has 2 N–H and O–H groups in total. The van der Waals surface area contributed by atoms with Crippen molar-refractivity contribution in [3.63, 3.8) is 0 Å². The van der Waals surface area contributed by atoms with Gasteiger partial charge >= 0.3 is 0 Å². The SMILES string of the molecule is CCC[NH+](Cc1nc2ccccc2c(=O)[nH]1)Cc1nnc(-c2cccs2)o1. The van der Waals surface area contributed by atoms with Gasteiger partial charge in [-0.05, 0) is 30.0 Å². The standard InChI is InChI=1S/C19H19N5O2S/c1-2-9-24(12-17-22-23-19(26-17)15-8-5-10-27-15)11-16-20-14-7-4-3-6-13(14)18(25)21-16/h3-8,10H,2,9,11-12H2,1H3,(H,20,21,25)/p+1. The first-order valence-electron chi connectivity index (χ1n) is 8.90. The number of hydrogen-bond donors (Lipinski definition) is 2. The van der Waals surface area contributed by atoms with Crippen LogP contribution in [0.3, 0.4) is 0 Å². The predicted octanol–water partition coefficient (Wildman–Crippen LogP) is 2.03. The second kappa shape index (κ2) is 7.81. The Morgan fingerprint density at radius 1 is 1.15 bits per heavy atom. The summed E-state index contributed by atoms with van der Waals surface area (Å²) in [6, 6.07) is 11.3. The van der Waals surface area contributed by atoms with Crippen molar-refractivity contribution < 1.29 is 9.32 Å². The number of aromatic amines is 1. The van der Waals surface area contributed by atoms with Crippen LogP contribution in [0.25, 0.3) is 21.7 Å². The van der Waals surface area contributed by atoms with E-state index in [4.69, 9.17) is 4.42 Å². The zero-order valence-electron chi connectivity index (χ0n) is 14.9. The zero-order chi connectivity index (χ0) is 18.6. The Morgan fingerprint density at radius 3 is 2.85 bits per heavy atom. The van der Waals surface area contributed by atoms with E-state index in [1.54, 1.807) is 17.4 Å². The zero-order valence-corrected chi connectivity index (χ0v) is 15.8. The molecular formula is C19H20N5O2S+. The molecule has 27 heavy (non-hydrogen) atoms. The molecule has 0 fully saturated rings. The molecule has 0 bridgehead atoms. The predicted molar refractivity (Wildman–Crippen MR) is 104 cm³/mol. The number of aromatic nitrogens is 4. The third-order valence-corrected chi connectivity index (χ3v) is 5.14. The van der Waals surface area contributed by atoms with Crippen molar-refractivity contribution in [2.75, 3.05) is 6.54 Å². The summed E-state index contributed by atoms with van der Waals surface area (Å²) in [6.07, 6.45) is 0.999. The van der Waals surface area contributed by atoms with Crippen molar-refractivity contribution >= 4 is 22.2 Å². The van der Waals surface area contributed by atoms with Crippen LogP contribution in [0.15, 0.2) is 51.0 Å². The third-order valence-electron chi connectivity index (χ3n) is 4.28. The van der Waals surface area contributed by atoms with Gasteiger partial charge in [-0.3, -0.25) is 4.79 Å². The van der Waals surface area contributed by atoms with Gasteiger partial charge < -0.3 is 14.3 Å². The highest BCUT2D eigenvalue weighted by molar-refractivity contribution is 7.13. The van der Waals surface area contributed by atoms with Crippen molar-refractivity contribution in [3.8, 4) is 10.8 Å². The van der Waals surface area contributed by atoms with E-state index in [1.165, 1.54) is 4.90 Å². The maximum Gasteiger partial charge on any atom is 0.271 e. The number of H-pyrrole nitrogens is 1. The molecule has 0 aliphatic rings. The summed E-state index contributed by atoms with van der Waals surface area (Å²) in [5, 5.41) is 10.9. The Hall–Kier alpha value is -2.84. The van der Waals surface area contributed by atoms with Crippen molar-refractivity contribution in [2.45, 2.75) is 26.4 Å². The highest BCUT2D eigenvalue weighted by Crippen LogP contribution is 2.22. The van der Waals surface area contributed by atoms with E-state index in [0.717, 1.165) is 17.8 Å². The Balaban J connectivity index is 1.54. The van der Waals surface area contributed by atoms with E-state index in [9.17, 15) is 4.79 Å². The minimum absolute atomic E-state index is 0.107. The van der Waals surface area contributed by atoms with Crippen LogP contribution >= 0.6 is 11.3 Å². The molecule has 138 valence electrons. The molecule has 1 unspecified atom stereocenters. The van der Waals surface area contributed by atoms with Gasteiger partial charge in [0.1, 0.15) is 6.54 Å². The first-order chi connectivity index (χ1) is 13.2. The molecule has 0 amide bonds. The average molecular weight is 382 g/mol. The van der Waals surface area contributed by atoms with Gasteiger partial charge in [-0.25, -0.2) is 4.98 Å². The van der Waals surface area contributed by atoms with E-state index >= 15 is 0 Å². The number of nitrogens with one attached hydrogen (secondary N) is 2. The molecule has 3 heterocycles. The Morgan fingerprint density at radius 2 is 2.04 bits per heavy atom. The largest absolute Gasteiger partial charge is 0.414 e. The molecule has 0 saturated carbocycles. The highest BCUT2D eigenvalue weighted by atomic mass is 32.1. The summed E-state index contributed by atoms with van der Waals surface area (Å²) in [6.45, 7) is 4.21. The number of nitrogens with zero attached hydrogens (tertiary/aromatic N) is 3. The lowest BCUT2D eigenvalue weighted by Gasteiger charge is -2.16. The van der Waals surface area contributed by atoms with Crippen molar-refractivity contribution in [3.05, 3.63) is 63.8 Å². The Bertz CT molecular complexity index is 1090. The van der Waals surface area contributed by atoms with Crippen LogP contribution < -0.4 is 10.5 Å². The molecular weight excluding hydrogens is 362 g/mol. The lowest BCUT2D eigenvalue weighted by atomic mass is 10.2. The molecule has 0 aliphatic carbocycles. The van der Waals surface area contributed by atoms with Crippen LogP contribution in [-0.4, -0.2) is 26.7 Å². The first kappa shape index (κ1) is 17.6. The topological polar surface area (TPSA) is 89.1 Å². The fourth-order valence-electron chi connectivity index (χ4n) is 3.09. The summed E-state index contributed by atoms with van der Waals surface area (Å²) in [5.74, 6) is 1.80. The lowest BCUT2D eigenvalue weighted by molar-refractivity contribution is -0.929. The average Bonchev–Trinajstić information content (AvgIpc) is 3.33. The normalized spacial score (nSPS) is 12.5. The second-order valence-corrected chi connectivity index (χ2v) is 7.31. The molecule has 1 aromatic carbocycles. The van der Waals surface area contributed by atoms with E-state index < -0.39 is 0 Å². The Labute approximate surface area is 159 Å². The summed E-state index contributed by atoms with van der Waals surface area (Å²) in [4.78, 5) is 22.0. The molecule has 4 rings (SSSR count). The van der Waals surface area contributed by atoms with Crippen LogP contribution in [-0.2, 0) is 13.1 Å². The highest BCUT2D eigenvalue weighted by Gasteiger charge is 2.17. The van der Waals surface area contributed by atoms with Gasteiger partial charge in [0, 0.05) is 0 Å².